The van der Waals surface area contributed by atoms with Gasteiger partial charge in [-0.1, -0.05) is 0 Å². The number of rotatable bonds is 4. The second-order valence-corrected chi connectivity index (χ2v) is 6.48. The predicted molar refractivity (Wildman–Crippen MR) is 105 cm³/mol. The van der Waals surface area contributed by atoms with Gasteiger partial charge in [-0.25, -0.2) is 4.98 Å². The molecule has 0 spiro atoms. The number of carbonyl (C=O) groups excluding carboxylic acids is 1. The number of methoxy groups -OCH3 is 2. The normalized spacial score (nSPS) is 25.6. The van der Waals surface area contributed by atoms with Crippen molar-refractivity contribution in [2.24, 2.45) is 0 Å². The van der Waals surface area contributed by atoms with Gasteiger partial charge in [0.2, 0.25) is 5.95 Å². The molecule has 1 aromatic heterocycles. The van der Waals surface area contributed by atoms with E-state index < -0.39 is 25.0 Å². The van der Waals surface area contributed by atoms with Gasteiger partial charge in [-0.15, -0.1) is 0 Å². The first-order chi connectivity index (χ1) is 15.1. The monoisotopic (exact) mass is 391 g/mol. The molecule has 150 valence electrons. The summed E-state index contributed by atoms with van der Waals surface area (Å²) in [7, 11) is 2.99. The highest BCUT2D eigenvalue weighted by molar-refractivity contribution is 5.91. The Balaban J connectivity index is 1.69. The van der Waals surface area contributed by atoms with Crippen LogP contribution in [-0.4, -0.2) is 73.8 Å². The van der Waals surface area contributed by atoms with Gasteiger partial charge in [-0.2, -0.15) is 4.98 Å². The number of nitrogens with zero attached hydrogens (tertiary/aromatic N) is 4. The van der Waals surface area contributed by atoms with Crippen LogP contribution in [0.15, 0.2) is 12.1 Å². The fraction of sp³-hybridized carbons (Fsp3) is 0.526. The summed E-state index contributed by atoms with van der Waals surface area (Å²) in [6.07, 6.45) is 0.295. The van der Waals surface area contributed by atoms with Crippen molar-refractivity contribution in [3.05, 3.63) is 12.1 Å². The highest BCUT2D eigenvalue weighted by Crippen LogP contribution is 2.34. The van der Waals surface area contributed by atoms with E-state index in [-0.39, 0.29) is 24.9 Å². The van der Waals surface area contributed by atoms with E-state index in [9.17, 15) is 4.79 Å². The maximum Gasteiger partial charge on any atom is 0.251 e. The Morgan fingerprint density at radius 1 is 1.25 bits per heavy atom. The first-order valence-electron chi connectivity index (χ1n) is 11.0. The zero-order valence-electron chi connectivity index (χ0n) is 19.8. The van der Waals surface area contributed by atoms with Crippen molar-refractivity contribution in [2.75, 3.05) is 57.5 Å². The molecule has 2 fully saturated rings. The SMILES string of the molecule is [2H]C1([2H])CN(c2nc(N)c3cc(OC)c(OC)cc3n2)CC([2H])([2H])N1C(=O)C1CCCO1. The molecule has 1 atom stereocenters. The number of carbonyl (C=O) groups is 1. The summed E-state index contributed by atoms with van der Waals surface area (Å²) < 4.78 is 49.8. The van der Waals surface area contributed by atoms with Gasteiger partial charge in [0.15, 0.2) is 11.5 Å². The molecule has 0 saturated carbocycles. The van der Waals surface area contributed by atoms with Gasteiger partial charge < -0.3 is 29.7 Å². The molecule has 1 aromatic carbocycles. The number of aromatic nitrogens is 2. The number of nitrogens with two attached hydrogens (primary N) is 1. The number of nitrogen functional groups attached to an aromatic ring is 1. The van der Waals surface area contributed by atoms with Crippen molar-refractivity contribution >= 4 is 28.6 Å². The standard InChI is InChI=1S/C19H25N5O4/c1-26-15-10-12-13(11-16(15)27-2)21-19(22-17(12)20)24-7-5-23(6-8-24)18(25)14-4-3-9-28-14/h10-11,14H,3-9H2,1-2H3,(H2,20,21,22)/i5D2,6D2. The maximum atomic E-state index is 12.9. The molecule has 0 bridgehead atoms. The number of fused-ring (bicyclic) bond motifs is 1. The Labute approximate surface area is 169 Å². The minimum Gasteiger partial charge on any atom is -0.493 e. The van der Waals surface area contributed by atoms with Crippen LogP contribution in [-0.2, 0) is 9.53 Å². The fourth-order valence-corrected chi connectivity index (χ4v) is 3.25. The molecule has 1 amide bonds. The number of piperazine rings is 1. The summed E-state index contributed by atoms with van der Waals surface area (Å²) >= 11 is 0. The third kappa shape index (κ3) is 3.37. The Morgan fingerprint density at radius 3 is 2.61 bits per heavy atom. The molecular formula is C19H25N5O4. The zero-order valence-corrected chi connectivity index (χ0v) is 15.8. The molecule has 3 heterocycles. The third-order valence-corrected chi connectivity index (χ3v) is 4.77. The average molecular weight is 391 g/mol. The van der Waals surface area contributed by atoms with Crippen LogP contribution in [0.3, 0.4) is 0 Å². The molecule has 9 nitrogen and oxygen atoms in total. The number of benzene rings is 1. The van der Waals surface area contributed by atoms with Crippen molar-refractivity contribution in [2.45, 2.75) is 18.9 Å². The molecule has 2 aliphatic rings. The van der Waals surface area contributed by atoms with Gasteiger partial charge in [0, 0.05) is 44.1 Å². The molecule has 28 heavy (non-hydrogen) atoms. The van der Waals surface area contributed by atoms with Crippen LogP contribution in [0.2, 0.25) is 0 Å². The van der Waals surface area contributed by atoms with E-state index in [1.807, 2.05) is 0 Å². The third-order valence-electron chi connectivity index (χ3n) is 4.77. The van der Waals surface area contributed by atoms with Crippen LogP contribution < -0.4 is 20.1 Å². The number of ether oxygens (including phenoxy) is 3. The van der Waals surface area contributed by atoms with Crippen molar-refractivity contribution in [1.29, 1.82) is 0 Å². The van der Waals surface area contributed by atoms with E-state index in [0.717, 1.165) is 0 Å². The highest BCUT2D eigenvalue weighted by Gasteiger charge is 2.31. The van der Waals surface area contributed by atoms with E-state index in [2.05, 4.69) is 9.97 Å². The van der Waals surface area contributed by atoms with E-state index in [4.69, 9.17) is 25.4 Å². The molecule has 9 heteroatoms. The van der Waals surface area contributed by atoms with Gasteiger partial charge in [0.25, 0.3) is 5.91 Å². The van der Waals surface area contributed by atoms with E-state index >= 15 is 0 Å². The fourth-order valence-electron chi connectivity index (χ4n) is 3.25. The molecule has 2 N–H and O–H groups in total. The lowest BCUT2D eigenvalue weighted by Gasteiger charge is -2.35. The molecule has 4 rings (SSSR count). The minimum absolute atomic E-state index is 0.0548. The maximum absolute atomic E-state index is 12.9. The Morgan fingerprint density at radius 2 is 1.96 bits per heavy atom. The molecule has 0 radical (unpaired) electrons. The first-order valence-corrected chi connectivity index (χ1v) is 8.97. The number of amides is 1. The second kappa shape index (κ2) is 7.67. The molecule has 2 saturated heterocycles. The lowest BCUT2D eigenvalue weighted by molar-refractivity contribution is -0.141. The summed E-state index contributed by atoms with van der Waals surface area (Å²) in [5.41, 5.74) is 6.56. The zero-order chi connectivity index (χ0) is 23.3. The predicted octanol–water partition coefficient (Wildman–Crippen LogP) is 1.06. The van der Waals surface area contributed by atoms with Crippen molar-refractivity contribution < 1.29 is 24.5 Å². The van der Waals surface area contributed by atoms with Crippen LogP contribution in [0.4, 0.5) is 11.8 Å². The summed E-state index contributed by atoms with van der Waals surface area (Å²) in [5.74, 6) is 0.385. The van der Waals surface area contributed by atoms with Gasteiger partial charge in [0.1, 0.15) is 11.9 Å². The highest BCUT2D eigenvalue weighted by atomic mass is 16.5. The minimum atomic E-state index is -2.32. The molecule has 1 unspecified atom stereocenters. The molecular weight excluding hydrogens is 362 g/mol. The van der Waals surface area contributed by atoms with Crippen LogP contribution in [0.1, 0.15) is 18.3 Å². The largest absolute Gasteiger partial charge is 0.493 e. The smallest absolute Gasteiger partial charge is 0.251 e. The first kappa shape index (κ1) is 14.2. The van der Waals surface area contributed by atoms with Gasteiger partial charge in [-0.3, -0.25) is 4.79 Å². The van der Waals surface area contributed by atoms with Crippen LogP contribution in [0, 0.1) is 0 Å². The summed E-state index contributed by atoms with van der Waals surface area (Å²) in [6, 6.07) is 3.26. The summed E-state index contributed by atoms with van der Waals surface area (Å²) in [5, 5.41) is 0.518. The topological polar surface area (TPSA) is 103 Å². The number of hydrogen-bond donors (Lipinski definition) is 1. The van der Waals surface area contributed by atoms with Gasteiger partial charge in [0.05, 0.1) is 25.2 Å². The van der Waals surface area contributed by atoms with Crippen LogP contribution >= 0.6 is 0 Å². The molecule has 2 aromatic rings. The summed E-state index contributed by atoms with van der Waals surface area (Å²) in [4.78, 5) is 23.6. The molecule has 0 aliphatic carbocycles. The quantitative estimate of drug-likeness (QED) is 0.825. The number of anilines is 2. The van der Waals surface area contributed by atoms with Gasteiger partial charge >= 0.3 is 0 Å². The van der Waals surface area contributed by atoms with Crippen LogP contribution in [0.25, 0.3) is 10.9 Å². The Bertz CT molecular complexity index is 1030. The average Bonchev–Trinajstić information content (AvgIpc) is 3.26. The molecule has 2 aliphatic heterocycles. The van der Waals surface area contributed by atoms with Crippen molar-refractivity contribution in [3.8, 4) is 11.5 Å². The van der Waals surface area contributed by atoms with E-state index in [1.54, 1.807) is 12.1 Å². The second-order valence-electron chi connectivity index (χ2n) is 6.48. The van der Waals surface area contributed by atoms with Crippen LogP contribution in [0.5, 0.6) is 11.5 Å². The summed E-state index contributed by atoms with van der Waals surface area (Å²) in [6.45, 7) is -4.90. The lowest BCUT2D eigenvalue weighted by atomic mass is 10.2. The van der Waals surface area contributed by atoms with E-state index in [1.165, 1.54) is 19.1 Å². The Hall–Kier alpha value is -2.81. The number of hydrogen-bond acceptors (Lipinski definition) is 8. The van der Waals surface area contributed by atoms with E-state index in [0.29, 0.717) is 46.8 Å². The van der Waals surface area contributed by atoms with Gasteiger partial charge in [-0.05, 0) is 18.9 Å². The Kier molecular flexibility index (Phi) is 3.90. The van der Waals surface area contributed by atoms with Crippen molar-refractivity contribution in [3.63, 3.8) is 0 Å². The lowest BCUT2D eigenvalue weighted by Crippen LogP contribution is -2.51. The van der Waals surface area contributed by atoms with Crippen molar-refractivity contribution in [1.82, 2.24) is 14.9 Å².